The highest BCUT2D eigenvalue weighted by Gasteiger charge is 2.30. The van der Waals surface area contributed by atoms with Gasteiger partial charge in [0.05, 0.1) is 12.2 Å². The highest BCUT2D eigenvalue weighted by atomic mass is 19.1. The van der Waals surface area contributed by atoms with Crippen LogP contribution < -0.4 is 16.2 Å². The number of hydrogen-bond donors (Lipinski definition) is 2. The molecule has 3 aromatic rings. The van der Waals surface area contributed by atoms with E-state index < -0.39 is 11.8 Å². The molecule has 0 aromatic carbocycles. The van der Waals surface area contributed by atoms with Crippen LogP contribution in [0.3, 0.4) is 0 Å². The molecule has 3 N–H and O–H groups in total. The molecule has 4 heterocycles. The maximum Gasteiger partial charge on any atom is 0.341 e. The van der Waals surface area contributed by atoms with Gasteiger partial charge in [0.25, 0.3) is 5.56 Å². The van der Waals surface area contributed by atoms with Gasteiger partial charge in [-0.25, -0.2) is 18.7 Å². The second-order valence-electron chi connectivity index (χ2n) is 7.02. The van der Waals surface area contributed by atoms with Crippen LogP contribution in [0.1, 0.15) is 41.2 Å². The lowest BCUT2D eigenvalue weighted by molar-refractivity contribution is 0.0698. The molecule has 0 amide bonds. The number of carboxylic acid groups (broad SMARTS) is 1. The number of carbonyl (C=O) groups is 1. The minimum atomic E-state index is -1.12. The Bertz CT molecular complexity index is 1120. The quantitative estimate of drug-likeness (QED) is 0.642. The van der Waals surface area contributed by atoms with Gasteiger partial charge in [0.15, 0.2) is 5.65 Å². The molecule has 0 bridgehead atoms. The van der Waals surface area contributed by atoms with Crippen molar-refractivity contribution in [2.75, 3.05) is 18.0 Å². The van der Waals surface area contributed by atoms with E-state index >= 15 is 0 Å². The number of aryl methyl sites for hydroxylation is 1. The van der Waals surface area contributed by atoms with E-state index in [4.69, 9.17) is 5.73 Å². The lowest BCUT2D eigenvalue weighted by Gasteiger charge is -2.26. The maximum absolute atomic E-state index is 14.2. The normalized spacial score (nSPS) is 16.6. The fraction of sp³-hybridized carbons (Fsp3) is 0.368. The molecule has 10 heteroatoms. The van der Waals surface area contributed by atoms with E-state index in [9.17, 15) is 19.1 Å². The molecule has 1 unspecified atom stereocenters. The van der Waals surface area contributed by atoms with Crippen LogP contribution >= 0.6 is 0 Å². The minimum absolute atomic E-state index is 0.00232. The van der Waals surface area contributed by atoms with Crippen molar-refractivity contribution < 1.29 is 14.3 Å². The second kappa shape index (κ2) is 7.63. The third-order valence-corrected chi connectivity index (χ3v) is 5.17. The predicted molar refractivity (Wildman–Crippen MR) is 104 cm³/mol. The third kappa shape index (κ3) is 3.46. The Labute approximate surface area is 165 Å². The highest BCUT2D eigenvalue weighted by molar-refractivity contribution is 5.94. The van der Waals surface area contributed by atoms with Crippen LogP contribution in [0, 0.1) is 5.82 Å². The van der Waals surface area contributed by atoms with E-state index in [0.29, 0.717) is 43.9 Å². The van der Waals surface area contributed by atoms with Gasteiger partial charge < -0.3 is 20.3 Å². The summed E-state index contributed by atoms with van der Waals surface area (Å²) in [5.41, 5.74) is 5.86. The summed E-state index contributed by atoms with van der Waals surface area (Å²) in [6.45, 7) is 1.40. The van der Waals surface area contributed by atoms with Gasteiger partial charge in [-0.1, -0.05) is 0 Å². The summed E-state index contributed by atoms with van der Waals surface area (Å²) in [7, 11) is 0. The van der Waals surface area contributed by atoms with Crippen molar-refractivity contribution in [2.24, 2.45) is 5.73 Å². The van der Waals surface area contributed by atoms with Gasteiger partial charge in [0.2, 0.25) is 0 Å². The molecule has 0 spiro atoms. The number of hydrogen-bond acceptors (Lipinski definition) is 6. The smallest absolute Gasteiger partial charge is 0.341 e. The molecule has 1 aliphatic heterocycles. The monoisotopic (exact) mass is 400 g/mol. The van der Waals surface area contributed by atoms with Crippen LogP contribution in [0.15, 0.2) is 35.5 Å². The summed E-state index contributed by atoms with van der Waals surface area (Å²) in [4.78, 5) is 30.7. The Hall–Kier alpha value is -3.27. The van der Waals surface area contributed by atoms with Crippen molar-refractivity contribution in [3.63, 3.8) is 0 Å². The Kier molecular flexibility index (Phi) is 5.01. The van der Waals surface area contributed by atoms with Crippen molar-refractivity contribution in [1.29, 1.82) is 0 Å². The molecule has 1 fully saturated rings. The molecular weight excluding hydrogens is 379 g/mol. The van der Waals surface area contributed by atoms with Crippen LogP contribution in [0.5, 0.6) is 0 Å². The summed E-state index contributed by atoms with van der Waals surface area (Å²) in [5.74, 6) is -1.06. The summed E-state index contributed by atoms with van der Waals surface area (Å²) in [6.07, 6.45) is 6.14. The van der Waals surface area contributed by atoms with E-state index in [2.05, 4.69) is 10.1 Å². The van der Waals surface area contributed by atoms with Gasteiger partial charge in [-0.05, 0) is 37.9 Å². The van der Waals surface area contributed by atoms with Gasteiger partial charge in [-0.15, -0.1) is 0 Å². The van der Waals surface area contributed by atoms with Crippen molar-refractivity contribution in [3.8, 4) is 0 Å². The molecule has 0 aliphatic carbocycles. The lowest BCUT2D eigenvalue weighted by Crippen LogP contribution is -2.32. The first-order valence-electron chi connectivity index (χ1n) is 9.44. The zero-order valence-electron chi connectivity index (χ0n) is 15.7. The van der Waals surface area contributed by atoms with Crippen LogP contribution in [-0.2, 0) is 6.54 Å². The SMILES string of the molecule is NCCCn1cc(F)cc(C2CCCN2c2ccn3ncc(C(=O)O)c3n2)c1=O. The largest absolute Gasteiger partial charge is 0.477 e. The minimum Gasteiger partial charge on any atom is -0.477 e. The first kappa shape index (κ1) is 19.1. The molecule has 1 atom stereocenters. The molecule has 29 heavy (non-hydrogen) atoms. The number of fused-ring (bicyclic) bond motifs is 1. The summed E-state index contributed by atoms with van der Waals surface area (Å²) >= 11 is 0. The molecule has 3 aromatic heterocycles. The molecule has 4 rings (SSSR count). The predicted octanol–water partition coefficient (Wildman–Crippen LogP) is 1.42. The van der Waals surface area contributed by atoms with Gasteiger partial charge in [0.1, 0.15) is 17.2 Å². The number of pyridine rings is 1. The first-order valence-corrected chi connectivity index (χ1v) is 9.44. The topological polar surface area (TPSA) is 119 Å². The number of halogens is 1. The van der Waals surface area contributed by atoms with Gasteiger partial charge in [-0.2, -0.15) is 5.10 Å². The van der Waals surface area contributed by atoms with Crippen LogP contribution in [0.2, 0.25) is 0 Å². The molecule has 0 radical (unpaired) electrons. The number of rotatable bonds is 6. The summed E-state index contributed by atoms with van der Waals surface area (Å²) in [6, 6.07) is 2.66. The van der Waals surface area contributed by atoms with Crippen molar-refractivity contribution in [1.82, 2.24) is 19.2 Å². The lowest BCUT2D eigenvalue weighted by atomic mass is 10.1. The van der Waals surface area contributed by atoms with Crippen LogP contribution in [-0.4, -0.2) is 43.3 Å². The highest BCUT2D eigenvalue weighted by Crippen LogP contribution is 2.34. The molecule has 152 valence electrons. The van der Waals surface area contributed by atoms with E-state index in [1.165, 1.54) is 27.5 Å². The van der Waals surface area contributed by atoms with Crippen LogP contribution in [0.25, 0.3) is 5.65 Å². The number of aromatic nitrogens is 4. The summed E-state index contributed by atoms with van der Waals surface area (Å²) in [5, 5.41) is 13.3. The zero-order valence-corrected chi connectivity index (χ0v) is 15.7. The standard InChI is InChI=1S/C19H21FN6O3/c20-12-9-13(18(27)24(11-12)6-2-5-21)15-3-1-7-25(15)16-4-8-26-17(23-16)14(10-22-26)19(28)29/h4,8-11,15H,1-3,5-7,21H2,(H,28,29). The Morgan fingerprint density at radius 2 is 2.24 bits per heavy atom. The second-order valence-corrected chi connectivity index (χ2v) is 7.02. The molecule has 0 saturated carbocycles. The third-order valence-electron chi connectivity index (χ3n) is 5.17. The number of aromatic carboxylic acids is 1. The molecule has 9 nitrogen and oxygen atoms in total. The number of nitrogens with two attached hydrogens (primary N) is 1. The number of carboxylic acids is 1. The molecular formula is C19H21FN6O3. The van der Waals surface area contributed by atoms with Crippen LogP contribution in [0.4, 0.5) is 10.2 Å². The van der Waals surface area contributed by atoms with Gasteiger partial charge in [-0.3, -0.25) is 4.79 Å². The van der Waals surface area contributed by atoms with E-state index in [1.54, 1.807) is 12.3 Å². The van der Waals surface area contributed by atoms with E-state index in [0.717, 1.165) is 6.42 Å². The van der Waals surface area contributed by atoms with Crippen molar-refractivity contribution >= 4 is 17.4 Å². The van der Waals surface area contributed by atoms with Crippen molar-refractivity contribution in [3.05, 3.63) is 58.0 Å². The van der Waals surface area contributed by atoms with Gasteiger partial charge >= 0.3 is 5.97 Å². The zero-order chi connectivity index (χ0) is 20.5. The van der Waals surface area contributed by atoms with Crippen molar-refractivity contribution in [2.45, 2.75) is 31.8 Å². The van der Waals surface area contributed by atoms with E-state index in [1.807, 2.05) is 4.90 Å². The number of nitrogens with zero attached hydrogens (tertiary/aromatic N) is 5. The number of anilines is 1. The average molecular weight is 400 g/mol. The van der Waals surface area contributed by atoms with Gasteiger partial charge in [0, 0.05) is 31.0 Å². The fourth-order valence-electron chi connectivity index (χ4n) is 3.82. The first-order chi connectivity index (χ1) is 14.0. The van der Waals surface area contributed by atoms with E-state index in [-0.39, 0.29) is 22.8 Å². The molecule has 1 saturated heterocycles. The Morgan fingerprint density at radius 1 is 1.41 bits per heavy atom. The summed E-state index contributed by atoms with van der Waals surface area (Å²) < 4.78 is 17.0. The Morgan fingerprint density at radius 3 is 3.00 bits per heavy atom. The Balaban J connectivity index is 1.74. The fourth-order valence-corrected chi connectivity index (χ4v) is 3.82. The molecule has 1 aliphatic rings. The maximum atomic E-state index is 14.2. The average Bonchev–Trinajstić information content (AvgIpc) is 3.34.